The Morgan fingerprint density at radius 3 is 3.05 bits per heavy atom. The molecular weight excluding hydrogens is 254 g/mol. The number of methoxy groups -OCH3 is 1. The first-order chi connectivity index (χ1) is 9.76. The molecule has 5 heteroatoms. The van der Waals surface area contributed by atoms with Crippen molar-refractivity contribution in [2.45, 2.75) is 32.2 Å². The molecule has 0 bridgehead atoms. The number of ether oxygens (including phenoxy) is 1. The van der Waals surface area contributed by atoms with Gasteiger partial charge in [-0.25, -0.2) is 0 Å². The first-order valence-electron chi connectivity index (χ1n) is 6.97. The Balaban J connectivity index is 1.77. The smallest absolute Gasteiger partial charge is 0.228 e. The zero-order chi connectivity index (χ0) is 13.9. The van der Waals surface area contributed by atoms with E-state index in [2.05, 4.69) is 15.5 Å². The van der Waals surface area contributed by atoms with Crippen LogP contribution >= 0.6 is 0 Å². The number of hydrogen-bond donors (Lipinski definition) is 1. The highest BCUT2D eigenvalue weighted by atomic mass is 16.5. The van der Waals surface area contributed by atoms with Crippen LogP contribution < -0.4 is 10.1 Å². The first kappa shape index (κ1) is 13.1. The number of nitrogens with zero attached hydrogens (tertiary/aromatic N) is 2. The van der Waals surface area contributed by atoms with E-state index >= 15 is 0 Å². The molecule has 0 spiro atoms. The minimum absolute atomic E-state index is 0.473. The quantitative estimate of drug-likeness (QED) is 0.926. The predicted octanol–water partition coefficient (Wildman–Crippen LogP) is 2.35. The molecule has 5 nitrogen and oxygen atoms in total. The summed E-state index contributed by atoms with van der Waals surface area (Å²) in [5.74, 6) is 2.21. The van der Waals surface area contributed by atoms with Crippen LogP contribution in [0.4, 0.5) is 0 Å². The Morgan fingerprint density at radius 1 is 1.45 bits per heavy atom. The average molecular weight is 273 g/mol. The third-order valence-electron chi connectivity index (χ3n) is 3.70. The Kier molecular flexibility index (Phi) is 3.69. The molecule has 20 heavy (non-hydrogen) atoms. The largest absolute Gasteiger partial charge is 0.496 e. The van der Waals surface area contributed by atoms with Gasteiger partial charge >= 0.3 is 0 Å². The minimum Gasteiger partial charge on any atom is -0.496 e. The molecule has 0 saturated carbocycles. The third kappa shape index (κ3) is 2.67. The second kappa shape index (κ2) is 5.63. The third-order valence-corrected chi connectivity index (χ3v) is 3.70. The van der Waals surface area contributed by atoms with E-state index in [1.807, 2.05) is 25.1 Å². The van der Waals surface area contributed by atoms with Gasteiger partial charge in [0.25, 0.3) is 0 Å². The van der Waals surface area contributed by atoms with Crippen LogP contribution in [-0.2, 0) is 6.42 Å². The van der Waals surface area contributed by atoms with Crippen LogP contribution in [0.1, 0.15) is 24.3 Å². The lowest BCUT2D eigenvalue weighted by Crippen LogP contribution is -2.23. The van der Waals surface area contributed by atoms with Crippen LogP contribution in [0, 0.1) is 6.92 Å². The number of benzene rings is 1. The molecule has 2 heterocycles. The highest BCUT2D eigenvalue weighted by Gasteiger charge is 2.18. The van der Waals surface area contributed by atoms with Crippen molar-refractivity contribution in [2.75, 3.05) is 13.7 Å². The summed E-state index contributed by atoms with van der Waals surface area (Å²) in [6, 6.07) is 6.37. The lowest BCUT2D eigenvalue weighted by atomic mass is 10.1. The second-order valence-corrected chi connectivity index (χ2v) is 5.19. The highest BCUT2D eigenvalue weighted by molar-refractivity contribution is 5.58. The van der Waals surface area contributed by atoms with Crippen molar-refractivity contribution in [3.8, 4) is 17.1 Å². The number of aryl methyl sites for hydroxylation is 1. The van der Waals surface area contributed by atoms with Crippen LogP contribution in [-0.4, -0.2) is 29.8 Å². The summed E-state index contributed by atoms with van der Waals surface area (Å²) in [6.45, 7) is 3.09. The van der Waals surface area contributed by atoms with Gasteiger partial charge in [0.15, 0.2) is 0 Å². The summed E-state index contributed by atoms with van der Waals surface area (Å²) >= 11 is 0. The Labute approximate surface area is 118 Å². The molecule has 3 rings (SSSR count). The van der Waals surface area contributed by atoms with Crippen LogP contribution in [0.5, 0.6) is 5.75 Å². The van der Waals surface area contributed by atoms with E-state index in [0.29, 0.717) is 17.8 Å². The molecule has 0 radical (unpaired) electrons. The lowest BCUT2D eigenvalue weighted by Gasteiger charge is -2.05. The second-order valence-electron chi connectivity index (χ2n) is 5.19. The molecule has 1 fully saturated rings. The van der Waals surface area contributed by atoms with E-state index in [9.17, 15) is 0 Å². The monoisotopic (exact) mass is 273 g/mol. The van der Waals surface area contributed by atoms with E-state index < -0.39 is 0 Å². The molecule has 1 aromatic carbocycles. The normalized spacial score (nSPS) is 18.4. The van der Waals surface area contributed by atoms with Gasteiger partial charge in [-0.3, -0.25) is 0 Å². The summed E-state index contributed by atoms with van der Waals surface area (Å²) in [5, 5.41) is 7.50. The van der Waals surface area contributed by atoms with Gasteiger partial charge in [-0.05, 0) is 50.1 Å². The van der Waals surface area contributed by atoms with E-state index in [4.69, 9.17) is 9.26 Å². The summed E-state index contributed by atoms with van der Waals surface area (Å²) in [7, 11) is 1.67. The van der Waals surface area contributed by atoms with E-state index in [0.717, 1.165) is 29.8 Å². The molecule has 1 N–H and O–H groups in total. The van der Waals surface area contributed by atoms with Gasteiger partial charge in [-0.1, -0.05) is 5.16 Å². The zero-order valence-electron chi connectivity index (χ0n) is 11.8. The molecule has 1 saturated heterocycles. The van der Waals surface area contributed by atoms with Crippen molar-refractivity contribution in [1.82, 2.24) is 15.5 Å². The van der Waals surface area contributed by atoms with Crippen molar-refractivity contribution < 1.29 is 9.26 Å². The van der Waals surface area contributed by atoms with Crippen molar-refractivity contribution in [2.24, 2.45) is 0 Å². The van der Waals surface area contributed by atoms with Gasteiger partial charge in [0.05, 0.1) is 7.11 Å². The molecule has 2 aromatic rings. The van der Waals surface area contributed by atoms with Gasteiger partial charge < -0.3 is 14.6 Å². The SMILES string of the molecule is COc1ccc(-c2noc(CC3CCCN3)n2)cc1C. The van der Waals surface area contributed by atoms with Crippen LogP contribution in [0.15, 0.2) is 22.7 Å². The standard InChI is InChI=1S/C15H19N3O2/c1-10-8-11(5-6-13(10)19-2)15-17-14(20-18-15)9-12-4-3-7-16-12/h5-6,8,12,16H,3-4,7,9H2,1-2H3. The topological polar surface area (TPSA) is 60.2 Å². The summed E-state index contributed by atoms with van der Waals surface area (Å²) < 4.78 is 10.6. The molecule has 106 valence electrons. The summed E-state index contributed by atoms with van der Waals surface area (Å²) in [5.41, 5.74) is 2.02. The number of rotatable bonds is 4. The molecule has 0 aliphatic carbocycles. The Bertz CT molecular complexity index is 589. The van der Waals surface area contributed by atoms with Gasteiger partial charge in [0.1, 0.15) is 5.75 Å². The van der Waals surface area contributed by atoms with Gasteiger partial charge in [0, 0.05) is 18.0 Å². The number of nitrogens with one attached hydrogen (secondary N) is 1. The zero-order valence-corrected chi connectivity index (χ0v) is 11.8. The maximum Gasteiger partial charge on any atom is 0.228 e. The number of aromatic nitrogens is 2. The summed E-state index contributed by atoms with van der Waals surface area (Å²) in [6.07, 6.45) is 3.21. The van der Waals surface area contributed by atoms with Gasteiger partial charge in [-0.15, -0.1) is 0 Å². The number of hydrogen-bond acceptors (Lipinski definition) is 5. The predicted molar refractivity (Wildman–Crippen MR) is 75.8 cm³/mol. The highest BCUT2D eigenvalue weighted by Crippen LogP contribution is 2.24. The molecule has 1 unspecified atom stereocenters. The Morgan fingerprint density at radius 2 is 2.35 bits per heavy atom. The van der Waals surface area contributed by atoms with Gasteiger partial charge in [-0.2, -0.15) is 4.98 Å². The van der Waals surface area contributed by atoms with Crippen molar-refractivity contribution in [3.63, 3.8) is 0 Å². The lowest BCUT2D eigenvalue weighted by molar-refractivity contribution is 0.364. The molecule has 1 atom stereocenters. The molecule has 1 aliphatic rings. The molecule has 1 aliphatic heterocycles. The van der Waals surface area contributed by atoms with Crippen LogP contribution in [0.2, 0.25) is 0 Å². The fourth-order valence-corrected chi connectivity index (χ4v) is 2.61. The molecule has 1 aromatic heterocycles. The van der Waals surface area contributed by atoms with Crippen LogP contribution in [0.25, 0.3) is 11.4 Å². The average Bonchev–Trinajstić information content (AvgIpc) is 3.11. The van der Waals surface area contributed by atoms with E-state index in [1.54, 1.807) is 7.11 Å². The fraction of sp³-hybridized carbons (Fsp3) is 0.467. The van der Waals surface area contributed by atoms with Gasteiger partial charge in [0.2, 0.25) is 11.7 Å². The summed E-state index contributed by atoms with van der Waals surface area (Å²) in [4.78, 5) is 4.48. The maximum absolute atomic E-state index is 5.35. The first-order valence-corrected chi connectivity index (χ1v) is 6.97. The van der Waals surface area contributed by atoms with Crippen molar-refractivity contribution >= 4 is 0 Å². The molecule has 0 amide bonds. The Hall–Kier alpha value is -1.88. The van der Waals surface area contributed by atoms with Crippen molar-refractivity contribution in [1.29, 1.82) is 0 Å². The van der Waals surface area contributed by atoms with Crippen molar-refractivity contribution in [3.05, 3.63) is 29.7 Å². The maximum atomic E-state index is 5.35. The fourth-order valence-electron chi connectivity index (χ4n) is 2.61. The van der Waals surface area contributed by atoms with E-state index in [1.165, 1.54) is 12.8 Å². The van der Waals surface area contributed by atoms with E-state index in [-0.39, 0.29) is 0 Å². The van der Waals surface area contributed by atoms with Crippen LogP contribution in [0.3, 0.4) is 0 Å². The minimum atomic E-state index is 0.473. The molecular formula is C15H19N3O2.